The molecule has 1 heterocycles. The Hall–Kier alpha value is -2.44. The van der Waals surface area contributed by atoms with Crippen LogP contribution in [0.4, 0.5) is 5.69 Å². The van der Waals surface area contributed by atoms with Gasteiger partial charge in [0.1, 0.15) is 0 Å². The van der Waals surface area contributed by atoms with Gasteiger partial charge in [-0.05, 0) is 70.4 Å². The van der Waals surface area contributed by atoms with Crippen LogP contribution in [0.2, 0.25) is 0 Å². The lowest BCUT2D eigenvalue weighted by molar-refractivity contribution is 0.0985. The molecular weight excluding hydrogens is 396 g/mol. The highest BCUT2D eigenvalue weighted by molar-refractivity contribution is 7.89. The molecule has 1 aliphatic carbocycles. The summed E-state index contributed by atoms with van der Waals surface area (Å²) in [5.74, 6) is -0.170. The van der Waals surface area contributed by atoms with Crippen molar-refractivity contribution in [3.05, 3.63) is 71.3 Å². The summed E-state index contributed by atoms with van der Waals surface area (Å²) in [4.78, 5) is 15.4. The van der Waals surface area contributed by atoms with E-state index in [1.807, 2.05) is 17.0 Å². The fourth-order valence-corrected chi connectivity index (χ4v) is 5.89. The maximum Gasteiger partial charge on any atom is 0.258 e. The molecule has 5 nitrogen and oxygen atoms in total. The van der Waals surface area contributed by atoms with Crippen LogP contribution in [0.25, 0.3) is 0 Å². The summed E-state index contributed by atoms with van der Waals surface area (Å²) >= 11 is 0. The number of anilines is 1. The molecule has 0 bridgehead atoms. The van der Waals surface area contributed by atoms with E-state index in [0.29, 0.717) is 12.1 Å². The number of allylic oxidation sites excluding steroid dienone is 2. The SMILES string of the molecule is Cc1ccc2c(c1)C1(CC=CC1)CN2C(=O)c1cccc(S(=O)(=O)NC(C)(C)C)c1. The van der Waals surface area contributed by atoms with Gasteiger partial charge in [-0.2, -0.15) is 0 Å². The van der Waals surface area contributed by atoms with Crippen LogP contribution in [0, 0.1) is 6.92 Å². The van der Waals surface area contributed by atoms with E-state index in [1.165, 1.54) is 23.3 Å². The summed E-state index contributed by atoms with van der Waals surface area (Å²) in [5.41, 5.74) is 3.01. The Bertz CT molecular complexity index is 1140. The Morgan fingerprint density at radius 2 is 1.77 bits per heavy atom. The number of carbonyl (C=O) groups excluding carboxylic acids is 1. The van der Waals surface area contributed by atoms with Crippen molar-refractivity contribution in [1.82, 2.24) is 4.72 Å². The number of aryl methyl sites for hydroxylation is 1. The largest absolute Gasteiger partial charge is 0.307 e. The Labute approximate surface area is 178 Å². The molecular formula is C24H28N2O3S. The van der Waals surface area contributed by atoms with E-state index < -0.39 is 15.6 Å². The molecule has 0 fully saturated rings. The number of benzene rings is 2. The summed E-state index contributed by atoms with van der Waals surface area (Å²) in [5, 5.41) is 0. The molecule has 2 aliphatic rings. The molecule has 2 aromatic carbocycles. The summed E-state index contributed by atoms with van der Waals surface area (Å²) in [7, 11) is -3.72. The van der Waals surface area contributed by atoms with E-state index in [1.54, 1.807) is 32.9 Å². The predicted molar refractivity (Wildman–Crippen MR) is 119 cm³/mol. The average Bonchev–Trinajstić information content (AvgIpc) is 3.25. The minimum Gasteiger partial charge on any atom is -0.307 e. The van der Waals surface area contributed by atoms with Gasteiger partial charge >= 0.3 is 0 Å². The third kappa shape index (κ3) is 3.70. The third-order valence-corrected chi connectivity index (χ3v) is 7.49. The van der Waals surface area contributed by atoms with Crippen LogP contribution < -0.4 is 9.62 Å². The van der Waals surface area contributed by atoms with Crippen molar-refractivity contribution in [1.29, 1.82) is 0 Å². The number of hydrogen-bond acceptors (Lipinski definition) is 3. The van der Waals surface area contributed by atoms with Crippen molar-refractivity contribution in [3.63, 3.8) is 0 Å². The molecule has 2 aromatic rings. The normalized spacial score (nSPS) is 17.5. The highest BCUT2D eigenvalue weighted by Gasteiger charge is 2.45. The highest BCUT2D eigenvalue weighted by Crippen LogP contribution is 2.48. The fraction of sp³-hybridized carbons (Fsp3) is 0.375. The quantitative estimate of drug-likeness (QED) is 0.746. The van der Waals surface area contributed by atoms with Crippen molar-refractivity contribution in [2.75, 3.05) is 11.4 Å². The van der Waals surface area contributed by atoms with Crippen LogP contribution in [0.15, 0.2) is 59.5 Å². The first kappa shape index (κ1) is 20.8. The van der Waals surface area contributed by atoms with Crippen LogP contribution in [0.1, 0.15) is 55.1 Å². The van der Waals surface area contributed by atoms with Crippen LogP contribution in [-0.2, 0) is 15.4 Å². The first-order chi connectivity index (χ1) is 14.0. The molecule has 0 unspecified atom stereocenters. The van der Waals surface area contributed by atoms with E-state index in [0.717, 1.165) is 18.5 Å². The van der Waals surface area contributed by atoms with E-state index in [4.69, 9.17) is 0 Å². The number of amides is 1. The summed E-state index contributed by atoms with van der Waals surface area (Å²) in [6, 6.07) is 12.5. The fourth-order valence-electron chi connectivity index (χ4n) is 4.43. The molecule has 1 aliphatic heterocycles. The van der Waals surface area contributed by atoms with E-state index in [2.05, 4.69) is 29.9 Å². The van der Waals surface area contributed by atoms with Gasteiger partial charge in [-0.1, -0.05) is 35.9 Å². The third-order valence-electron chi connectivity index (χ3n) is 5.74. The Morgan fingerprint density at radius 3 is 2.43 bits per heavy atom. The molecule has 0 saturated carbocycles. The minimum absolute atomic E-state index is 0.0749. The Morgan fingerprint density at radius 1 is 1.07 bits per heavy atom. The van der Waals surface area contributed by atoms with Gasteiger partial charge < -0.3 is 4.90 Å². The Kier molecular flexibility index (Phi) is 4.90. The van der Waals surface area contributed by atoms with Crippen molar-refractivity contribution < 1.29 is 13.2 Å². The number of nitrogens with one attached hydrogen (secondary N) is 1. The lowest BCUT2D eigenvalue weighted by atomic mass is 9.80. The lowest BCUT2D eigenvalue weighted by Gasteiger charge is -2.25. The smallest absolute Gasteiger partial charge is 0.258 e. The Balaban J connectivity index is 1.70. The van der Waals surface area contributed by atoms with Gasteiger partial charge in [0.15, 0.2) is 0 Å². The van der Waals surface area contributed by atoms with Gasteiger partial charge in [0.25, 0.3) is 5.91 Å². The molecule has 30 heavy (non-hydrogen) atoms. The maximum atomic E-state index is 13.5. The zero-order chi connectivity index (χ0) is 21.7. The maximum absolute atomic E-state index is 13.5. The molecule has 4 rings (SSSR count). The van der Waals surface area contributed by atoms with Crippen molar-refractivity contribution >= 4 is 21.6 Å². The number of carbonyl (C=O) groups is 1. The second-order valence-corrected chi connectivity index (χ2v) is 11.1. The van der Waals surface area contributed by atoms with E-state index in [-0.39, 0.29) is 16.2 Å². The highest BCUT2D eigenvalue weighted by atomic mass is 32.2. The lowest BCUT2D eigenvalue weighted by Crippen LogP contribution is -2.40. The van der Waals surface area contributed by atoms with Gasteiger partial charge in [0.05, 0.1) is 4.90 Å². The van der Waals surface area contributed by atoms with Gasteiger partial charge in [-0.15, -0.1) is 0 Å². The summed E-state index contributed by atoms with van der Waals surface area (Å²) in [6.45, 7) is 8.04. The molecule has 0 aromatic heterocycles. The molecule has 1 amide bonds. The summed E-state index contributed by atoms with van der Waals surface area (Å²) < 4.78 is 28.1. The second kappa shape index (κ2) is 7.06. The van der Waals surface area contributed by atoms with Crippen molar-refractivity contribution in [2.24, 2.45) is 0 Å². The van der Waals surface area contributed by atoms with Gasteiger partial charge in [0.2, 0.25) is 10.0 Å². The summed E-state index contributed by atoms with van der Waals surface area (Å²) in [6.07, 6.45) is 6.20. The minimum atomic E-state index is -3.72. The number of nitrogens with zero attached hydrogens (tertiary/aromatic N) is 1. The average molecular weight is 425 g/mol. The van der Waals surface area contributed by atoms with E-state index in [9.17, 15) is 13.2 Å². The molecule has 0 saturated heterocycles. The van der Waals surface area contributed by atoms with Crippen LogP contribution in [0.3, 0.4) is 0 Å². The van der Waals surface area contributed by atoms with Gasteiger partial charge in [-0.25, -0.2) is 13.1 Å². The number of hydrogen-bond donors (Lipinski definition) is 1. The standard InChI is InChI=1S/C24H28N2O3S/c1-17-10-11-21-20(14-17)24(12-5-6-13-24)16-26(21)22(27)18-8-7-9-19(15-18)30(28,29)25-23(2,3)4/h5-11,14-15,25H,12-13,16H2,1-4H3. The molecule has 6 heteroatoms. The first-order valence-electron chi connectivity index (χ1n) is 10.2. The number of fused-ring (bicyclic) bond motifs is 2. The predicted octanol–water partition coefficient (Wildman–Crippen LogP) is 4.32. The zero-order valence-electron chi connectivity index (χ0n) is 17.9. The van der Waals surface area contributed by atoms with Gasteiger partial charge in [-0.3, -0.25) is 4.79 Å². The number of sulfonamides is 1. The molecule has 0 atom stereocenters. The molecule has 1 N–H and O–H groups in total. The van der Waals surface area contributed by atoms with Crippen LogP contribution in [0.5, 0.6) is 0 Å². The first-order valence-corrected chi connectivity index (χ1v) is 11.7. The van der Waals surface area contributed by atoms with Gasteiger partial charge in [0, 0.05) is 28.7 Å². The van der Waals surface area contributed by atoms with Crippen molar-refractivity contribution in [3.8, 4) is 0 Å². The van der Waals surface area contributed by atoms with Crippen LogP contribution >= 0.6 is 0 Å². The molecule has 1 spiro atoms. The molecule has 0 radical (unpaired) electrons. The topological polar surface area (TPSA) is 66.5 Å². The number of rotatable bonds is 3. The van der Waals surface area contributed by atoms with Crippen molar-refractivity contribution in [2.45, 2.75) is 56.4 Å². The van der Waals surface area contributed by atoms with Crippen LogP contribution in [-0.4, -0.2) is 26.4 Å². The van der Waals surface area contributed by atoms with E-state index >= 15 is 0 Å². The molecule has 158 valence electrons. The monoisotopic (exact) mass is 424 g/mol. The second-order valence-electron chi connectivity index (χ2n) is 9.46. The zero-order valence-corrected chi connectivity index (χ0v) is 18.7.